The van der Waals surface area contributed by atoms with Crippen LogP contribution in [0.15, 0.2) is 24.3 Å². The Morgan fingerprint density at radius 2 is 1.76 bits per heavy atom. The van der Waals surface area contributed by atoms with E-state index < -0.39 is 10.3 Å². The maximum absolute atomic E-state index is 10.3. The second kappa shape index (κ2) is 7.20. The van der Waals surface area contributed by atoms with E-state index >= 15 is 0 Å². The van der Waals surface area contributed by atoms with Gasteiger partial charge in [0.25, 0.3) is 0 Å². The van der Waals surface area contributed by atoms with Crippen molar-refractivity contribution in [2.75, 3.05) is 5.43 Å². The molecular formula is C9H13N2NaO4S. The summed E-state index contributed by atoms with van der Waals surface area (Å²) in [5.41, 5.74) is 2.71. The van der Waals surface area contributed by atoms with Crippen molar-refractivity contribution in [1.29, 1.82) is 0 Å². The Morgan fingerprint density at radius 3 is 2.18 bits per heavy atom. The van der Waals surface area contributed by atoms with E-state index in [0.29, 0.717) is 11.4 Å². The number of hydrogen-bond acceptors (Lipinski definition) is 5. The number of nitrogens with one attached hydrogen (secondary N) is 2. The maximum Gasteiger partial charge on any atom is 1.00 e. The normalized spacial score (nSPS) is 10.8. The zero-order valence-electron chi connectivity index (χ0n) is 9.93. The molecule has 90 valence electrons. The van der Waals surface area contributed by atoms with Crippen LogP contribution in [0, 0.1) is 0 Å². The molecule has 0 aromatic heterocycles. The van der Waals surface area contributed by atoms with Crippen LogP contribution in [0.1, 0.15) is 13.8 Å². The average Bonchev–Trinajstić information content (AvgIpc) is 2.14. The van der Waals surface area contributed by atoms with E-state index in [1.54, 1.807) is 29.1 Å². The molecule has 0 saturated heterocycles. The summed E-state index contributed by atoms with van der Waals surface area (Å²) >= 11 is 0. The summed E-state index contributed by atoms with van der Waals surface area (Å²) in [5, 5.41) is 0. The van der Waals surface area contributed by atoms with Gasteiger partial charge in [-0.25, -0.2) is 8.42 Å². The molecule has 0 fully saturated rings. The fraction of sp³-hybridized carbons (Fsp3) is 0.333. The molecule has 0 amide bonds. The molecule has 1 aromatic rings. The van der Waals surface area contributed by atoms with E-state index in [2.05, 4.69) is 5.43 Å². The fourth-order valence-corrected chi connectivity index (χ4v) is 1.25. The van der Waals surface area contributed by atoms with Crippen molar-refractivity contribution in [3.05, 3.63) is 24.3 Å². The summed E-state index contributed by atoms with van der Waals surface area (Å²) in [6, 6.07) is 6.52. The number of benzene rings is 1. The summed E-state index contributed by atoms with van der Waals surface area (Å²) < 4.78 is 36.2. The van der Waals surface area contributed by atoms with E-state index in [-0.39, 0.29) is 35.7 Å². The van der Waals surface area contributed by atoms with Gasteiger partial charge in [0.1, 0.15) is 5.75 Å². The van der Waals surface area contributed by atoms with Crippen molar-refractivity contribution in [1.82, 2.24) is 4.83 Å². The van der Waals surface area contributed by atoms with E-state index in [4.69, 9.17) is 4.74 Å². The van der Waals surface area contributed by atoms with E-state index in [0.717, 1.165) is 0 Å². The van der Waals surface area contributed by atoms with Gasteiger partial charge in [0.2, 0.25) is 0 Å². The van der Waals surface area contributed by atoms with E-state index in [1.165, 1.54) is 0 Å². The topological polar surface area (TPSA) is 90.5 Å². The zero-order valence-corrected chi connectivity index (χ0v) is 12.7. The third kappa shape index (κ3) is 7.58. The molecule has 0 unspecified atom stereocenters. The first-order valence-corrected chi connectivity index (χ1v) is 6.03. The van der Waals surface area contributed by atoms with Crippen LogP contribution in [0.4, 0.5) is 5.69 Å². The Kier molecular flexibility index (Phi) is 7.07. The number of rotatable bonds is 5. The van der Waals surface area contributed by atoms with Crippen LogP contribution in [0.25, 0.3) is 0 Å². The number of hydrazine groups is 1. The summed E-state index contributed by atoms with van der Waals surface area (Å²) in [6.45, 7) is 3.80. The molecule has 8 heteroatoms. The monoisotopic (exact) mass is 268 g/mol. The Bertz CT molecular complexity index is 433. The Labute approximate surface area is 123 Å². The molecule has 0 spiro atoms. The minimum Gasteiger partial charge on any atom is -0.734 e. The van der Waals surface area contributed by atoms with Crippen molar-refractivity contribution in [2.24, 2.45) is 0 Å². The summed E-state index contributed by atoms with van der Waals surface area (Å²) in [6.07, 6.45) is 0.0685. The van der Waals surface area contributed by atoms with E-state index in [9.17, 15) is 13.0 Å². The van der Waals surface area contributed by atoms with Crippen molar-refractivity contribution in [2.45, 2.75) is 20.0 Å². The van der Waals surface area contributed by atoms with Crippen LogP contribution in [0.3, 0.4) is 0 Å². The smallest absolute Gasteiger partial charge is 0.734 e. The third-order valence-corrected chi connectivity index (χ3v) is 1.90. The molecule has 0 saturated carbocycles. The first kappa shape index (κ1) is 16.7. The van der Waals surface area contributed by atoms with E-state index in [1.807, 2.05) is 13.8 Å². The van der Waals surface area contributed by atoms with Crippen molar-refractivity contribution in [3.63, 3.8) is 0 Å². The molecule has 17 heavy (non-hydrogen) atoms. The van der Waals surface area contributed by atoms with Gasteiger partial charge in [0, 0.05) is 0 Å². The molecule has 0 heterocycles. The zero-order chi connectivity index (χ0) is 12.2. The van der Waals surface area contributed by atoms with Crippen LogP contribution in [0.2, 0.25) is 0 Å². The summed E-state index contributed by atoms with van der Waals surface area (Å²) in [4.78, 5) is 1.62. The predicted octanol–water partition coefficient (Wildman–Crippen LogP) is -2.15. The standard InChI is InChI=1S/C9H14N2O4S.Na/c1-7(2)15-9-5-3-8(4-6-9)10-11-16(12,13)14;/h3-7,10-11H,1-2H3,(H,12,13,14);/q;+1/p-1. The number of hydrogen-bond donors (Lipinski definition) is 2. The minimum absolute atomic E-state index is 0. The molecule has 1 rings (SSSR count). The predicted molar refractivity (Wildman–Crippen MR) is 58.7 cm³/mol. The number of anilines is 1. The van der Waals surface area contributed by atoms with Crippen LogP contribution in [0.5, 0.6) is 5.75 Å². The molecule has 0 aliphatic rings. The molecule has 0 bridgehead atoms. The second-order valence-corrected chi connectivity index (χ2v) is 4.48. The Hall–Kier alpha value is -0.310. The van der Waals surface area contributed by atoms with Crippen LogP contribution >= 0.6 is 0 Å². The molecule has 0 radical (unpaired) electrons. The van der Waals surface area contributed by atoms with Gasteiger partial charge >= 0.3 is 29.6 Å². The van der Waals surface area contributed by atoms with Gasteiger partial charge < -0.3 is 14.7 Å². The molecule has 1 aromatic carbocycles. The molecule has 0 aliphatic heterocycles. The first-order chi connectivity index (χ1) is 7.37. The average molecular weight is 268 g/mol. The third-order valence-electron chi connectivity index (χ3n) is 1.55. The second-order valence-electron chi connectivity index (χ2n) is 3.37. The van der Waals surface area contributed by atoms with Crippen LogP contribution in [-0.2, 0) is 10.3 Å². The molecular weight excluding hydrogens is 255 g/mol. The largest absolute Gasteiger partial charge is 1.00 e. The van der Waals surface area contributed by atoms with Crippen molar-refractivity contribution in [3.8, 4) is 5.75 Å². The molecule has 0 atom stereocenters. The van der Waals surface area contributed by atoms with Gasteiger partial charge in [0.15, 0.2) is 10.3 Å². The fourth-order valence-electron chi connectivity index (χ4n) is 1.01. The SMILES string of the molecule is CC(C)Oc1ccc(NNS(=O)(=O)[O-])cc1.[Na+]. The number of ether oxygens (including phenoxy) is 1. The van der Waals surface area contributed by atoms with Gasteiger partial charge in [-0.15, -0.1) is 4.83 Å². The maximum atomic E-state index is 10.3. The van der Waals surface area contributed by atoms with Crippen molar-refractivity contribution >= 4 is 16.0 Å². The van der Waals surface area contributed by atoms with Crippen molar-refractivity contribution < 1.29 is 47.3 Å². The quantitative estimate of drug-likeness (QED) is 0.361. The Morgan fingerprint density at radius 1 is 1.24 bits per heavy atom. The van der Waals surface area contributed by atoms with Gasteiger partial charge in [-0.2, -0.15) is 0 Å². The molecule has 0 aliphatic carbocycles. The van der Waals surface area contributed by atoms with Gasteiger partial charge in [-0.05, 0) is 38.1 Å². The van der Waals surface area contributed by atoms with Crippen LogP contribution in [-0.4, -0.2) is 19.1 Å². The summed E-state index contributed by atoms with van der Waals surface area (Å²) in [5.74, 6) is 0.672. The molecule has 2 N–H and O–H groups in total. The van der Waals surface area contributed by atoms with Gasteiger partial charge in [-0.3, -0.25) is 0 Å². The van der Waals surface area contributed by atoms with Gasteiger partial charge in [0.05, 0.1) is 11.8 Å². The van der Waals surface area contributed by atoms with Crippen LogP contribution < -0.4 is 44.6 Å². The first-order valence-electron chi connectivity index (χ1n) is 4.62. The molecule has 6 nitrogen and oxygen atoms in total. The van der Waals surface area contributed by atoms with Gasteiger partial charge in [-0.1, -0.05) is 0 Å². The minimum atomic E-state index is -4.49. The summed E-state index contributed by atoms with van der Waals surface area (Å²) in [7, 11) is -4.49. The Balaban J connectivity index is 0.00000256.